The molecular formula is C26H28N6O2. The summed E-state index contributed by atoms with van der Waals surface area (Å²) in [5, 5.41) is 4.65. The molecule has 0 amide bonds. The van der Waals surface area contributed by atoms with Crippen molar-refractivity contribution in [3.05, 3.63) is 82.6 Å². The molecule has 34 heavy (non-hydrogen) atoms. The third-order valence-corrected chi connectivity index (χ3v) is 6.14. The van der Waals surface area contributed by atoms with Gasteiger partial charge in [-0.3, -0.25) is 4.98 Å². The van der Waals surface area contributed by atoms with E-state index in [1.165, 1.54) is 5.56 Å². The number of ether oxygens (including phenoxy) is 2. The lowest BCUT2D eigenvalue weighted by Crippen LogP contribution is -2.09. The van der Waals surface area contributed by atoms with Crippen LogP contribution in [0.3, 0.4) is 0 Å². The summed E-state index contributed by atoms with van der Waals surface area (Å²) in [5.74, 6) is 5.08. The lowest BCUT2D eigenvalue weighted by molar-refractivity contribution is 0.354. The molecule has 0 radical (unpaired) electrons. The van der Waals surface area contributed by atoms with Crippen molar-refractivity contribution < 1.29 is 9.47 Å². The Hall–Kier alpha value is -3.81. The van der Waals surface area contributed by atoms with E-state index in [0.717, 1.165) is 40.8 Å². The van der Waals surface area contributed by atoms with Gasteiger partial charge in [-0.2, -0.15) is 4.68 Å². The fraction of sp³-hybridized carbons (Fsp3) is 0.346. The van der Waals surface area contributed by atoms with Gasteiger partial charge in [0.25, 0.3) is 0 Å². The van der Waals surface area contributed by atoms with Gasteiger partial charge in [0.2, 0.25) is 0 Å². The monoisotopic (exact) mass is 456 g/mol. The molecule has 0 spiro atoms. The number of hydrogen-bond acceptors (Lipinski definition) is 7. The van der Waals surface area contributed by atoms with Gasteiger partial charge in [-0.15, -0.1) is 5.10 Å². The normalized spacial score (nSPS) is 17.0. The zero-order valence-corrected chi connectivity index (χ0v) is 20.1. The van der Waals surface area contributed by atoms with Gasteiger partial charge < -0.3 is 9.47 Å². The second-order valence-corrected chi connectivity index (χ2v) is 8.76. The van der Waals surface area contributed by atoms with Crippen molar-refractivity contribution in [1.82, 2.24) is 29.7 Å². The second kappa shape index (κ2) is 8.85. The summed E-state index contributed by atoms with van der Waals surface area (Å²) in [4.78, 5) is 18.7. The minimum absolute atomic E-state index is 0.342. The molecule has 8 heteroatoms. The fourth-order valence-corrected chi connectivity index (χ4v) is 4.35. The largest absolute Gasteiger partial charge is 0.493 e. The molecule has 0 saturated heterocycles. The quantitative estimate of drug-likeness (QED) is 0.411. The maximum atomic E-state index is 5.46. The predicted molar refractivity (Wildman–Crippen MR) is 128 cm³/mol. The first-order valence-corrected chi connectivity index (χ1v) is 11.4. The van der Waals surface area contributed by atoms with Crippen LogP contribution in [0.15, 0.2) is 42.6 Å². The van der Waals surface area contributed by atoms with Crippen molar-refractivity contribution in [3.8, 4) is 17.3 Å². The maximum absolute atomic E-state index is 5.46. The van der Waals surface area contributed by atoms with Gasteiger partial charge in [0.05, 0.1) is 19.9 Å². The number of aromatic nitrogens is 6. The smallest absolute Gasteiger partial charge is 0.161 e. The Morgan fingerprint density at radius 1 is 0.853 bits per heavy atom. The average molecular weight is 457 g/mol. The molecule has 0 bridgehead atoms. The van der Waals surface area contributed by atoms with Crippen molar-refractivity contribution in [1.29, 1.82) is 0 Å². The van der Waals surface area contributed by atoms with Crippen LogP contribution in [0.4, 0.5) is 0 Å². The molecule has 1 fully saturated rings. The molecule has 3 aromatic heterocycles. The number of nitrogens with zero attached hydrogens (tertiary/aromatic N) is 6. The van der Waals surface area contributed by atoms with Crippen molar-refractivity contribution in [2.75, 3.05) is 14.2 Å². The number of benzene rings is 1. The van der Waals surface area contributed by atoms with Gasteiger partial charge in [0.15, 0.2) is 17.3 Å². The summed E-state index contributed by atoms with van der Waals surface area (Å²) in [7, 11) is 3.27. The molecule has 2 atom stereocenters. The van der Waals surface area contributed by atoms with E-state index in [0.29, 0.717) is 35.6 Å². The highest BCUT2D eigenvalue weighted by Crippen LogP contribution is 2.53. The van der Waals surface area contributed by atoms with Crippen LogP contribution in [0.2, 0.25) is 0 Å². The third-order valence-electron chi connectivity index (χ3n) is 6.14. The Kier molecular flexibility index (Phi) is 5.73. The Labute approximate surface area is 199 Å². The summed E-state index contributed by atoms with van der Waals surface area (Å²) >= 11 is 0. The highest BCUT2D eigenvalue weighted by Gasteiger charge is 2.42. The molecule has 1 aliphatic carbocycles. The Balaban J connectivity index is 1.44. The predicted octanol–water partition coefficient (Wildman–Crippen LogP) is 4.26. The topological polar surface area (TPSA) is 87.8 Å². The molecule has 0 N–H and O–H groups in total. The summed E-state index contributed by atoms with van der Waals surface area (Å²) in [6.07, 6.45) is 3.56. The van der Waals surface area contributed by atoms with Crippen LogP contribution in [0.5, 0.6) is 11.5 Å². The first kappa shape index (κ1) is 22.0. The van der Waals surface area contributed by atoms with Gasteiger partial charge in [-0.25, -0.2) is 15.0 Å². The van der Waals surface area contributed by atoms with Crippen LogP contribution >= 0.6 is 0 Å². The number of rotatable bonds is 7. The molecule has 8 nitrogen and oxygen atoms in total. The molecule has 1 saturated carbocycles. The molecule has 3 heterocycles. The van der Waals surface area contributed by atoms with Crippen molar-refractivity contribution in [3.63, 3.8) is 0 Å². The second-order valence-electron chi connectivity index (χ2n) is 8.76. The first-order valence-electron chi connectivity index (χ1n) is 11.4. The zero-order chi connectivity index (χ0) is 23.8. The Bertz CT molecular complexity index is 1330. The molecule has 1 aromatic carbocycles. The first-order chi connectivity index (χ1) is 16.4. The van der Waals surface area contributed by atoms with Crippen LogP contribution < -0.4 is 9.47 Å². The highest BCUT2D eigenvalue weighted by atomic mass is 16.5. The van der Waals surface area contributed by atoms with Gasteiger partial charge in [0.1, 0.15) is 17.5 Å². The van der Waals surface area contributed by atoms with Crippen LogP contribution in [-0.4, -0.2) is 43.9 Å². The lowest BCUT2D eigenvalue weighted by atomic mass is 10.1. The molecule has 4 aromatic rings. The van der Waals surface area contributed by atoms with Crippen LogP contribution in [-0.2, 0) is 6.42 Å². The van der Waals surface area contributed by atoms with Crippen molar-refractivity contribution in [2.45, 2.75) is 45.4 Å². The minimum atomic E-state index is 0.342. The Morgan fingerprint density at radius 3 is 2.38 bits per heavy atom. The zero-order valence-electron chi connectivity index (χ0n) is 20.1. The summed E-state index contributed by atoms with van der Waals surface area (Å²) in [6.45, 7) is 5.87. The van der Waals surface area contributed by atoms with E-state index in [2.05, 4.69) is 39.1 Å². The van der Waals surface area contributed by atoms with E-state index in [1.54, 1.807) is 14.2 Å². The van der Waals surface area contributed by atoms with Gasteiger partial charge in [0, 0.05) is 36.2 Å². The van der Waals surface area contributed by atoms with E-state index >= 15 is 0 Å². The van der Waals surface area contributed by atoms with E-state index in [1.807, 2.05) is 49.0 Å². The standard InChI is InChI=1S/C26H28N6O2/c1-15-6-8-21(27-14-15)19-12-20(19)22-13-26(29-16(2)28-22)32-25(30-17(3)31-32)11-18-7-9-23(33-4)24(10-18)34-5/h6-10,13-14,19-20H,11-12H2,1-5H3/t19-,20-/m1/s1. The van der Waals surface area contributed by atoms with Crippen LogP contribution in [0, 0.1) is 20.8 Å². The molecule has 5 rings (SSSR count). The average Bonchev–Trinajstić information content (AvgIpc) is 3.55. The summed E-state index contributed by atoms with van der Waals surface area (Å²) in [5.41, 5.74) is 4.37. The summed E-state index contributed by atoms with van der Waals surface area (Å²) in [6, 6.07) is 12.2. The van der Waals surface area contributed by atoms with Gasteiger partial charge in [-0.05, 0) is 56.5 Å². The molecule has 1 aliphatic rings. The van der Waals surface area contributed by atoms with E-state index in [-0.39, 0.29) is 0 Å². The maximum Gasteiger partial charge on any atom is 0.161 e. The van der Waals surface area contributed by atoms with Crippen molar-refractivity contribution in [2.24, 2.45) is 0 Å². The van der Waals surface area contributed by atoms with Crippen LogP contribution in [0.1, 0.15) is 58.2 Å². The molecule has 174 valence electrons. The number of pyridine rings is 1. The molecular weight excluding hydrogens is 428 g/mol. The number of methoxy groups -OCH3 is 2. The minimum Gasteiger partial charge on any atom is -0.493 e. The van der Waals surface area contributed by atoms with E-state index in [9.17, 15) is 0 Å². The fourth-order valence-electron chi connectivity index (χ4n) is 4.35. The number of aryl methyl sites for hydroxylation is 3. The number of hydrogen-bond donors (Lipinski definition) is 0. The van der Waals surface area contributed by atoms with E-state index in [4.69, 9.17) is 14.5 Å². The van der Waals surface area contributed by atoms with Gasteiger partial charge in [-0.1, -0.05) is 12.1 Å². The molecule has 0 aliphatic heterocycles. The van der Waals surface area contributed by atoms with Gasteiger partial charge >= 0.3 is 0 Å². The lowest BCUT2D eigenvalue weighted by Gasteiger charge is -2.11. The highest BCUT2D eigenvalue weighted by molar-refractivity contribution is 5.44. The van der Waals surface area contributed by atoms with E-state index < -0.39 is 0 Å². The van der Waals surface area contributed by atoms with Crippen LogP contribution in [0.25, 0.3) is 5.82 Å². The molecule has 0 unspecified atom stereocenters. The summed E-state index contributed by atoms with van der Waals surface area (Å²) < 4.78 is 12.6. The Morgan fingerprint density at radius 2 is 1.65 bits per heavy atom. The SMILES string of the molecule is COc1ccc(Cc2nc(C)nn2-c2cc([C@@H]3C[C@H]3c3ccc(C)cn3)nc(C)n2)cc1OC. The van der Waals surface area contributed by atoms with Crippen molar-refractivity contribution >= 4 is 0 Å². The third kappa shape index (κ3) is 4.35.